The first-order valence-electron chi connectivity index (χ1n) is 7.57. The number of aliphatic carboxylic acids is 1. The molecule has 6 unspecified atom stereocenters. The average Bonchev–Trinajstić information content (AvgIpc) is 2.23. The summed E-state index contributed by atoms with van der Waals surface area (Å²) in [6.45, 7) is 4.96. The third-order valence-electron chi connectivity index (χ3n) is 4.62. The summed E-state index contributed by atoms with van der Waals surface area (Å²) in [7, 11) is 0. The van der Waals surface area contributed by atoms with Gasteiger partial charge in [0.25, 0.3) is 0 Å². The van der Waals surface area contributed by atoms with E-state index in [-0.39, 0.29) is 12.0 Å². The van der Waals surface area contributed by atoms with Gasteiger partial charge in [0.05, 0.1) is 17.1 Å². The van der Waals surface area contributed by atoms with Crippen LogP contribution in [-0.4, -0.2) is 45.6 Å². The predicted molar refractivity (Wildman–Crippen MR) is 74.4 cm³/mol. The van der Waals surface area contributed by atoms with Gasteiger partial charge >= 0.3 is 5.97 Å². The molecule has 0 aromatic heterocycles. The van der Waals surface area contributed by atoms with Gasteiger partial charge in [0.2, 0.25) is 0 Å². The number of rotatable bonds is 5. The Kier molecular flexibility index (Phi) is 4.63. The Balaban J connectivity index is 2.20. The minimum Gasteiger partial charge on any atom is -0.481 e. The molecule has 2 rings (SSSR count). The molecule has 0 amide bonds. The molecule has 2 bridgehead atoms. The summed E-state index contributed by atoms with van der Waals surface area (Å²) in [5, 5.41) is 28.6. The fourth-order valence-corrected chi connectivity index (χ4v) is 4.44. The Morgan fingerprint density at radius 2 is 1.86 bits per heavy atom. The van der Waals surface area contributed by atoms with Crippen molar-refractivity contribution in [2.45, 2.75) is 77.2 Å². The summed E-state index contributed by atoms with van der Waals surface area (Å²) in [5.74, 6) is -0.678. The Hall–Kier alpha value is -0.690. The Morgan fingerprint density at radius 3 is 2.38 bits per heavy atom. The molecule has 122 valence electrons. The molecule has 0 aliphatic heterocycles. The first kappa shape index (κ1) is 16.7. The Bertz CT molecular complexity index is 396. The summed E-state index contributed by atoms with van der Waals surface area (Å²) in [6, 6.07) is 0. The molecule has 6 atom stereocenters. The number of ether oxygens (including phenoxy) is 2. The lowest BCUT2D eigenvalue weighted by Crippen LogP contribution is -2.54. The second-order valence-corrected chi connectivity index (χ2v) is 7.00. The van der Waals surface area contributed by atoms with E-state index in [1.165, 1.54) is 0 Å². The van der Waals surface area contributed by atoms with Gasteiger partial charge in [0, 0.05) is 0 Å². The maximum Gasteiger partial charge on any atom is 0.309 e. The number of aliphatic hydroxyl groups is 2. The summed E-state index contributed by atoms with van der Waals surface area (Å²) in [5.41, 5.74) is -1.53. The lowest BCUT2D eigenvalue weighted by Gasteiger charge is -2.52. The number of carboxylic acids is 1. The van der Waals surface area contributed by atoms with Gasteiger partial charge in [0.1, 0.15) is 0 Å². The summed E-state index contributed by atoms with van der Waals surface area (Å²) < 4.78 is 11.1. The van der Waals surface area contributed by atoms with Crippen LogP contribution in [0.25, 0.3) is 0 Å². The van der Waals surface area contributed by atoms with Gasteiger partial charge in [-0.3, -0.25) is 4.79 Å². The van der Waals surface area contributed by atoms with Crippen molar-refractivity contribution in [1.82, 2.24) is 0 Å². The van der Waals surface area contributed by atoms with Crippen molar-refractivity contribution < 1.29 is 29.6 Å². The van der Waals surface area contributed by atoms with Crippen LogP contribution < -0.4 is 0 Å². The summed E-state index contributed by atoms with van der Waals surface area (Å²) in [6.07, 6.45) is 0.727. The second kappa shape index (κ2) is 5.83. The zero-order valence-electron chi connectivity index (χ0n) is 12.9. The number of carboxylic acid groups (broad SMARTS) is 1. The third kappa shape index (κ3) is 3.74. The third-order valence-corrected chi connectivity index (χ3v) is 4.62. The fraction of sp³-hybridized carbons (Fsp3) is 0.933. The SMILES string of the molecule is CC(O)OC1CC2CC(C)(OC(C)O)CC(C(=O)O)(C2)C1. The van der Waals surface area contributed by atoms with Crippen molar-refractivity contribution in [2.75, 3.05) is 0 Å². The zero-order chi connectivity index (χ0) is 15.8. The number of carbonyl (C=O) groups is 1. The van der Waals surface area contributed by atoms with Crippen LogP contribution in [0.15, 0.2) is 0 Å². The minimum absolute atomic E-state index is 0.163. The van der Waals surface area contributed by atoms with Gasteiger partial charge in [0.15, 0.2) is 12.6 Å². The van der Waals surface area contributed by atoms with Gasteiger partial charge in [-0.25, -0.2) is 0 Å². The predicted octanol–water partition coefficient (Wildman–Crippen LogP) is 1.49. The molecule has 2 aliphatic carbocycles. The van der Waals surface area contributed by atoms with Crippen LogP contribution in [0.3, 0.4) is 0 Å². The van der Waals surface area contributed by atoms with Crippen molar-refractivity contribution in [3.8, 4) is 0 Å². The van der Waals surface area contributed by atoms with Gasteiger partial charge in [-0.05, 0) is 58.8 Å². The van der Waals surface area contributed by atoms with Crippen LogP contribution in [0.2, 0.25) is 0 Å². The smallest absolute Gasteiger partial charge is 0.309 e. The molecule has 2 aliphatic rings. The lowest BCUT2D eigenvalue weighted by molar-refractivity contribution is -0.228. The summed E-state index contributed by atoms with van der Waals surface area (Å²) >= 11 is 0. The van der Waals surface area contributed by atoms with E-state index in [2.05, 4.69) is 0 Å². The number of hydrogen-bond acceptors (Lipinski definition) is 5. The van der Waals surface area contributed by atoms with E-state index in [9.17, 15) is 20.1 Å². The van der Waals surface area contributed by atoms with Gasteiger partial charge in [-0.2, -0.15) is 0 Å². The van der Waals surface area contributed by atoms with Crippen LogP contribution in [-0.2, 0) is 14.3 Å². The van der Waals surface area contributed by atoms with Crippen LogP contribution in [0, 0.1) is 11.3 Å². The highest BCUT2D eigenvalue weighted by Crippen LogP contribution is 2.54. The Labute approximate surface area is 125 Å². The van der Waals surface area contributed by atoms with E-state index < -0.39 is 29.6 Å². The first-order valence-corrected chi connectivity index (χ1v) is 7.57. The topological polar surface area (TPSA) is 96.2 Å². The maximum absolute atomic E-state index is 11.9. The number of hydrogen-bond donors (Lipinski definition) is 3. The molecule has 21 heavy (non-hydrogen) atoms. The molecule has 0 aromatic carbocycles. The number of fused-ring (bicyclic) bond motifs is 2. The fourth-order valence-electron chi connectivity index (χ4n) is 4.44. The Morgan fingerprint density at radius 1 is 1.19 bits per heavy atom. The quantitative estimate of drug-likeness (QED) is 0.666. The van der Waals surface area contributed by atoms with E-state index in [1.807, 2.05) is 6.92 Å². The van der Waals surface area contributed by atoms with Gasteiger partial charge < -0.3 is 24.8 Å². The molecule has 2 fully saturated rings. The van der Waals surface area contributed by atoms with Crippen LogP contribution in [0.4, 0.5) is 0 Å². The molecule has 0 heterocycles. The normalized spacial score (nSPS) is 42.3. The molecule has 0 radical (unpaired) electrons. The molecule has 3 N–H and O–H groups in total. The van der Waals surface area contributed by atoms with Crippen LogP contribution in [0.5, 0.6) is 0 Å². The van der Waals surface area contributed by atoms with Gasteiger partial charge in [-0.1, -0.05) is 0 Å². The average molecular weight is 302 g/mol. The van der Waals surface area contributed by atoms with Gasteiger partial charge in [-0.15, -0.1) is 0 Å². The molecule has 0 spiro atoms. The molecular weight excluding hydrogens is 276 g/mol. The lowest BCUT2D eigenvalue weighted by atomic mass is 9.57. The highest BCUT2D eigenvalue weighted by atomic mass is 16.6. The van der Waals surface area contributed by atoms with E-state index in [0.29, 0.717) is 25.7 Å². The second-order valence-electron chi connectivity index (χ2n) is 7.00. The minimum atomic E-state index is -0.913. The van der Waals surface area contributed by atoms with Crippen molar-refractivity contribution in [3.05, 3.63) is 0 Å². The summed E-state index contributed by atoms with van der Waals surface area (Å²) in [4.78, 5) is 11.9. The first-order chi connectivity index (χ1) is 9.64. The van der Waals surface area contributed by atoms with Crippen molar-refractivity contribution >= 4 is 5.97 Å². The maximum atomic E-state index is 11.9. The molecular formula is C15H26O6. The van der Waals surface area contributed by atoms with Crippen molar-refractivity contribution in [3.63, 3.8) is 0 Å². The van der Waals surface area contributed by atoms with Crippen LogP contribution in [0.1, 0.15) is 52.9 Å². The number of aliphatic hydroxyl groups excluding tert-OH is 2. The molecule has 6 heteroatoms. The van der Waals surface area contributed by atoms with E-state index in [0.717, 1.165) is 6.42 Å². The van der Waals surface area contributed by atoms with E-state index in [4.69, 9.17) is 9.47 Å². The zero-order valence-corrected chi connectivity index (χ0v) is 12.9. The molecule has 0 saturated heterocycles. The molecule has 6 nitrogen and oxygen atoms in total. The van der Waals surface area contributed by atoms with E-state index >= 15 is 0 Å². The molecule has 2 saturated carbocycles. The van der Waals surface area contributed by atoms with Crippen LogP contribution >= 0.6 is 0 Å². The van der Waals surface area contributed by atoms with Crippen molar-refractivity contribution in [1.29, 1.82) is 0 Å². The van der Waals surface area contributed by atoms with Crippen molar-refractivity contribution in [2.24, 2.45) is 11.3 Å². The monoisotopic (exact) mass is 302 g/mol. The standard InChI is InChI=1S/C15H26O6/c1-9(16)20-12-4-11-5-14(3,21-10(2)17)8-15(6-11,7-12)13(18)19/h9-12,16-17H,4-8H2,1-3H3,(H,18,19). The largest absolute Gasteiger partial charge is 0.481 e. The molecule has 0 aromatic rings. The highest BCUT2D eigenvalue weighted by Gasteiger charge is 2.55. The van der Waals surface area contributed by atoms with E-state index in [1.54, 1.807) is 13.8 Å². The highest BCUT2D eigenvalue weighted by molar-refractivity contribution is 5.75.